The maximum atomic E-state index is 12.3. The Morgan fingerprint density at radius 3 is 2.37 bits per heavy atom. The summed E-state index contributed by atoms with van der Waals surface area (Å²) in [6.45, 7) is 9.75. The highest BCUT2D eigenvalue weighted by molar-refractivity contribution is 5.92. The number of carbonyl (C=O) groups is 1. The lowest BCUT2D eigenvalue weighted by Gasteiger charge is -2.42. The molecule has 2 heterocycles. The van der Waals surface area contributed by atoms with Crippen molar-refractivity contribution in [3.63, 3.8) is 0 Å². The predicted molar refractivity (Wildman–Crippen MR) is 73.7 cm³/mol. The molecule has 0 atom stereocenters. The van der Waals surface area contributed by atoms with Crippen molar-refractivity contribution in [3.8, 4) is 0 Å². The molecule has 1 aliphatic heterocycles. The summed E-state index contributed by atoms with van der Waals surface area (Å²) in [6, 6.07) is 0. The summed E-state index contributed by atoms with van der Waals surface area (Å²) in [6.07, 6.45) is 2.91. The normalized spacial score (nSPS) is 17.5. The minimum Gasteiger partial charge on any atom is -0.382 e. The zero-order valence-electron chi connectivity index (χ0n) is 11.8. The van der Waals surface area contributed by atoms with Gasteiger partial charge in [0.25, 0.3) is 5.91 Å². The van der Waals surface area contributed by atoms with Gasteiger partial charge in [-0.3, -0.25) is 14.7 Å². The van der Waals surface area contributed by atoms with Gasteiger partial charge in [-0.15, -0.1) is 0 Å². The van der Waals surface area contributed by atoms with Gasteiger partial charge in [-0.25, -0.2) is 4.98 Å². The summed E-state index contributed by atoms with van der Waals surface area (Å²) in [5.41, 5.74) is 6.02. The van der Waals surface area contributed by atoms with E-state index < -0.39 is 0 Å². The molecule has 19 heavy (non-hydrogen) atoms. The second-order valence-electron chi connectivity index (χ2n) is 5.78. The largest absolute Gasteiger partial charge is 0.382 e. The maximum Gasteiger partial charge on any atom is 0.274 e. The Morgan fingerprint density at radius 2 is 1.84 bits per heavy atom. The zero-order valence-corrected chi connectivity index (χ0v) is 11.8. The first-order valence-corrected chi connectivity index (χ1v) is 6.50. The van der Waals surface area contributed by atoms with Crippen LogP contribution in [0.4, 0.5) is 5.82 Å². The van der Waals surface area contributed by atoms with Crippen molar-refractivity contribution < 1.29 is 4.79 Å². The lowest BCUT2D eigenvalue weighted by Crippen LogP contribution is -2.54. The Kier molecular flexibility index (Phi) is 3.71. The predicted octanol–water partition coefficient (Wildman–Crippen LogP) is 0.615. The average Bonchev–Trinajstić information content (AvgIpc) is 2.37. The van der Waals surface area contributed by atoms with E-state index >= 15 is 0 Å². The smallest absolute Gasteiger partial charge is 0.274 e. The van der Waals surface area contributed by atoms with E-state index in [-0.39, 0.29) is 17.3 Å². The van der Waals surface area contributed by atoms with Crippen LogP contribution in [0.25, 0.3) is 0 Å². The van der Waals surface area contributed by atoms with Crippen LogP contribution in [0.5, 0.6) is 0 Å². The minimum atomic E-state index is -0.0895. The molecule has 0 radical (unpaired) electrons. The van der Waals surface area contributed by atoms with Gasteiger partial charge in [-0.05, 0) is 20.8 Å². The van der Waals surface area contributed by atoms with Gasteiger partial charge >= 0.3 is 0 Å². The Bertz CT molecular complexity index is 460. The molecular weight excluding hydrogens is 242 g/mol. The number of carbonyl (C=O) groups excluding carboxylic acids is 1. The fraction of sp³-hybridized carbons (Fsp3) is 0.615. The highest BCUT2D eigenvalue weighted by Gasteiger charge is 2.28. The van der Waals surface area contributed by atoms with Gasteiger partial charge < -0.3 is 10.6 Å². The number of nitrogens with two attached hydrogens (primary N) is 1. The number of aromatic nitrogens is 2. The van der Waals surface area contributed by atoms with Crippen LogP contribution in [0.15, 0.2) is 12.4 Å². The molecule has 1 aromatic rings. The molecule has 2 rings (SSSR count). The number of hydrogen-bond donors (Lipinski definition) is 1. The second kappa shape index (κ2) is 5.13. The summed E-state index contributed by atoms with van der Waals surface area (Å²) in [7, 11) is 0. The Hall–Kier alpha value is -1.69. The highest BCUT2D eigenvalue weighted by Crippen LogP contribution is 2.16. The van der Waals surface area contributed by atoms with Gasteiger partial charge in [-0.1, -0.05) is 0 Å². The zero-order chi connectivity index (χ0) is 14.0. The molecule has 0 saturated carbocycles. The number of rotatable bonds is 1. The van der Waals surface area contributed by atoms with E-state index in [0.29, 0.717) is 18.8 Å². The molecule has 0 unspecified atom stereocenters. The number of anilines is 1. The van der Waals surface area contributed by atoms with Crippen LogP contribution in [-0.2, 0) is 0 Å². The fourth-order valence-corrected chi connectivity index (χ4v) is 2.23. The van der Waals surface area contributed by atoms with Gasteiger partial charge in [-0.2, -0.15) is 0 Å². The summed E-state index contributed by atoms with van der Waals surface area (Å²) < 4.78 is 0. The molecule has 2 N–H and O–H groups in total. The van der Waals surface area contributed by atoms with E-state index in [4.69, 9.17) is 5.73 Å². The van der Waals surface area contributed by atoms with Crippen LogP contribution in [0.1, 0.15) is 31.3 Å². The van der Waals surface area contributed by atoms with Crippen molar-refractivity contribution >= 4 is 11.7 Å². The molecule has 1 aromatic heterocycles. The molecule has 6 heteroatoms. The van der Waals surface area contributed by atoms with Crippen molar-refractivity contribution in [2.24, 2.45) is 0 Å². The number of piperazine rings is 1. The van der Waals surface area contributed by atoms with Crippen molar-refractivity contribution in [1.29, 1.82) is 0 Å². The molecule has 0 bridgehead atoms. The van der Waals surface area contributed by atoms with Crippen molar-refractivity contribution in [1.82, 2.24) is 19.8 Å². The number of nitrogen functional groups attached to an aromatic ring is 1. The fourth-order valence-electron chi connectivity index (χ4n) is 2.23. The highest BCUT2D eigenvalue weighted by atomic mass is 16.2. The van der Waals surface area contributed by atoms with Crippen LogP contribution in [0.2, 0.25) is 0 Å². The lowest BCUT2D eigenvalue weighted by molar-refractivity contribution is 0.0446. The average molecular weight is 263 g/mol. The van der Waals surface area contributed by atoms with Crippen molar-refractivity contribution in [3.05, 3.63) is 18.1 Å². The molecular formula is C13H21N5O. The van der Waals surface area contributed by atoms with Gasteiger partial charge in [0.05, 0.1) is 12.4 Å². The molecule has 0 aliphatic carbocycles. The van der Waals surface area contributed by atoms with Crippen LogP contribution in [0.3, 0.4) is 0 Å². The second-order valence-corrected chi connectivity index (χ2v) is 5.78. The summed E-state index contributed by atoms with van der Waals surface area (Å²) in [5.74, 6) is 0.188. The van der Waals surface area contributed by atoms with E-state index in [1.807, 2.05) is 4.90 Å². The molecule has 1 aliphatic rings. The SMILES string of the molecule is CC(C)(C)N1CCN(C(=O)c2cncc(N)n2)CC1. The van der Waals surface area contributed by atoms with E-state index in [2.05, 4.69) is 35.6 Å². The molecule has 104 valence electrons. The van der Waals surface area contributed by atoms with Crippen LogP contribution in [-0.4, -0.2) is 57.4 Å². The summed E-state index contributed by atoms with van der Waals surface area (Å²) >= 11 is 0. The van der Waals surface area contributed by atoms with Gasteiger partial charge in [0, 0.05) is 31.7 Å². The monoisotopic (exact) mass is 263 g/mol. The Morgan fingerprint density at radius 1 is 1.21 bits per heavy atom. The van der Waals surface area contributed by atoms with E-state index in [1.165, 1.54) is 12.4 Å². The standard InChI is InChI=1S/C13H21N5O/c1-13(2,3)18-6-4-17(5-7-18)12(19)10-8-15-9-11(14)16-10/h8-9H,4-7H2,1-3H3,(H2,14,16). The third-order valence-corrected chi connectivity index (χ3v) is 3.39. The topological polar surface area (TPSA) is 75.3 Å². The Balaban J connectivity index is 2.00. The van der Waals surface area contributed by atoms with Crippen molar-refractivity contribution in [2.45, 2.75) is 26.3 Å². The molecule has 1 fully saturated rings. The van der Waals surface area contributed by atoms with E-state index in [9.17, 15) is 4.79 Å². The van der Waals surface area contributed by atoms with Crippen LogP contribution >= 0.6 is 0 Å². The van der Waals surface area contributed by atoms with Crippen molar-refractivity contribution in [2.75, 3.05) is 31.9 Å². The first kappa shape index (κ1) is 13.7. The first-order valence-electron chi connectivity index (χ1n) is 6.50. The van der Waals surface area contributed by atoms with Crippen LogP contribution < -0.4 is 5.73 Å². The van der Waals surface area contributed by atoms with E-state index in [0.717, 1.165) is 13.1 Å². The maximum absolute atomic E-state index is 12.3. The quantitative estimate of drug-likeness (QED) is 0.803. The Labute approximate surface area is 113 Å². The minimum absolute atomic E-state index is 0.0895. The molecule has 1 amide bonds. The third-order valence-electron chi connectivity index (χ3n) is 3.39. The van der Waals surface area contributed by atoms with E-state index in [1.54, 1.807) is 0 Å². The van der Waals surface area contributed by atoms with Gasteiger partial charge in [0.1, 0.15) is 11.5 Å². The number of amides is 1. The van der Waals surface area contributed by atoms with Gasteiger partial charge in [0.2, 0.25) is 0 Å². The van der Waals surface area contributed by atoms with Gasteiger partial charge in [0.15, 0.2) is 0 Å². The molecule has 6 nitrogen and oxygen atoms in total. The summed E-state index contributed by atoms with van der Waals surface area (Å²) in [5, 5.41) is 0. The third kappa shape index (κ3) is 3.20. The summed E-state index contributed by atoms with van der Waals surface area (Å²) in [4.78, 5) is 24.4. The molecule has 0 aromatic carbocycles. The number of hydrogen-bond acceptors (Lipinski definition) is 5. The van der Waals surface area contributed by atoms with Crippen LogP contribution in [0, 0.1) is 0 Å². The molecule has 1 saturated heterocycles. The molecule has 0 spiro atoms. The number of nitrogens with zero attached hydrogens (tertiary/aromatic N) is 4. The lowest BCUT2D eigenvalue weighted by atomic mass is 10.0. The first-order chi connectivity index (χ1) is 8.88.